The Kier molecular flexibility index (Phi) is 8.71. The molecular formula is C20H22IN3O5. The molecule has 0 bridgehead atoms. The fourth-order valence-corrected chi connectivity index (χ4v) is 2.93. The molecule has 2 aromatic rings. The molecular weight excluding hydrogens is 489 g/mol. The molecule has 29 heavy (non-hydrogen) atoms. The third kappa shape index (κ3) is 7.26. The lowest BCUT2D eigenvalue weighted by Crippen LogP contribution is -2.24. The van der Waals surface area contributed by atoms with Crippen molar-refractivity contribution < 1.29 is 24.2 Å². The lowest BCUT2D eigenvalue weighted by Gasteiger charge is -2.08. The Morgan fingerprint density at radius 3 is 2.45 bits per heavy atom. The van der Waals surface area contributed by atoms with Gasteiger partial charge in [-0.15, -0.1) is 0 Å². The number of phenolic OH excluding ortho intramolecular Hbond substituents is 1. The zero-order valence-corrected chi connectivity index (χ0v) is 18.2. The maximum absolute atomic E-state index is 12.0. The lowest BCUT2D eigenvalue weighted by molar-refractivity contribution is -0.126. The Hall–Kier alpha value is -2.82. The van der Waals surface area contributed by atoms with E-state index in [0.717, 1.165) is 0 Å². The minimum Gasteiger partial charge on any atom is -0.504 e. The summed E-state index contributed by atoms with van der Waals surface area (Å²) in [5, 5.41) is 16.4. The third-order valence-corrected chi connectivity index (χ3v) is 4.35. The van der Waals surface area contributed by atoms with E-state index in [9.17, 15) is 14.7 Å². The molecule has 0 aliphatic rings. The second kappa shape index (κ2) is 11.2. The summed E-state index contributed by atoms with van der Waals surface area (Å²) in [4.78, 5) is 23.9. The van der Waals surface area contributed by atoms with Crippen LogP contribution in [0.1, 0.15) is 25.8 Å². The van der Waals surface area contributed by atoms with Gasteiger partial charge >= 0.3 is 0 Å². The van der Waals surface area contributed by atoms with E-state index in [-0.39, 0.29) is 12.2 Å². The summed E-state index contributed by atoms with van der Waals surface area (Å²) in [6.07, 6.45) is 1.04. The van der Waals surface area contributed by atoms with Gasteiger partial charge in [-0.2, -0.15) is 5.10 Å². The molecule has 0 saturated heterocycles. The number of carbonyl (C=O) groups is 2. The van der Waals surface area contributed by atoms with Crippen LogP contribution in [0.2, 0.25) is 0 Å². The van der Waals surface area contributed by atoms with Crippen molar-refractivity contribution in [2.75, 3.05) is 18.5 Å². The molecule has 0 spiro atoms. The van der Waals surface area contributed by atoms with Gasteiger partial charge in [0.15, 0.2) is 11.5 Å². The van der Waals surface area contributed by atoms with Gasteiger partial charge in [0, 0.05) is 5.69 Å². The number of halogens is 1. The highest BCUT2D eigenvalue weighted by molar-refractivity contribution is 14.1. The first-order valence-electron chi connectivity index (χ1n) is 8.92. The van der Waals surface area contributed by atoms with Gasteiger partial charge in [-0.3, -0.25) is 9.59 Å². The van der Waals surface area contributed by atoms with Crippen LogP contribution in [0.3, 0.4) is 0 Å². The summed E-state index contributed by atoms with van der Waals surface area (Å²) in [5.74, 6) is 0.0818. The molecule has 9 heteroatoms. The van der Waals surface area contributed by atoms with Gasteiger partial charge in [-0.1, -0.05) is 0 Å². The molecule has 0 unspecified atom stereocenters. The molecule has 3 N–H and O–H groups in total. The number of aromatic hydroxyl groups is 1. The van der Waals surface area contributed by atoms with Crippen LogP contribution in [-0.4, -0.2) is 36.3 Å². The van der Waals surface area contributed by atoms with Crippen LogP contribution >= 0.6 is 22.6 Å². The monoisotopic (exact) mass is 511 g/mol. The fourth-order valence-electron chi connectivity index (χ4n) is 2.30. The summed E-state index contributed by atoms with van der Waals surface area (Å²) < 4.78 is 11.3. The Morgan fingerprint density at radius 2 is 1.79 bits per heavy atom. The van der Waals surface area contributed by atoms with E-state index in [1.807, 2.05) is 36.4 Å². The Labute approximate surface area is 182 Å². The average Bonchev–Trinajstić information content (AvgIpc) is 2.67. The molecule has 0 aliphatic heterocycles. The van der Waals surface area contributed by atoms with Gasteiger partial charge in [0.2, 0.25) is 11.8 Å². The van der Waals surface area contributed by atoms with Crippen molar-refractivity contribution in [3.05, 3.63) is 45.5 Å². The van der Waals surface area contributed by atoms with Crippen molar-refractivity contribution in [2.24, 2.45) is 5.10 Å². The number of hydrogen-bond acceptors (Lipinski definition) is 6. The van der Waals surface area contributed by atoms with E-state index in [0.29, 0.717) is 39.5 Å². The van der Waals surface area contributed by atoms with Crippen molar-refractivity contribution in [3.63, 3.8) is 0 Å². The van der Waals surface area contributed by atoms with E-state index >= 15 is 0 Å². The van der Waals surface area contributed by atoms with Crippen molar-refractivity contribution >= 4 is 46.3 Å². The van der Waals surface area contributed by atoms with Crippen LogP contribution in [0, 0.1) is 3.57 Å². The number of carbonyl (C=O) groups excluding carboxylic acids is 2. The van der Waals surface area contributed by atoms with Crippen LogP contribution in [0.4, 0.5) is 5.69 Å². The van der Waals surface area contributed by atoms with E-state index in [4.69, 9.17) is 9.47 Å². The first-order chi connectivity index (χ1) is 13.9. The number of ether oxygens (including phenoxy) is 2. The van der Waals surface area contributed by atoms with Crippen molar-refractivity contribution in [1.29, 1.82) is 0 Å². The number of nitrogens with one attached hydrogen (secondary N) is 2. The zero-order chi connectivity index (χ0) is 21.2. The molecule has 2 aromatic carbocycles. The van der Waals surface area contributed by atoms with E-state index < -0.39 is 11.8 Å². The molecule has 2 amide bonds. The van der Waals surface area contributed by atoms with E-state index in [2.05, 4.69) is 15.8 Å². The number of anilines is 1. The zero-order valence-electron chi connectivity index (χ0n) is 16.1. The first-order valence-corrected chi connectivity index (χ1v) is 10.0. The number of hydrazone groups is 1. The third-order valence-electron chi connectivity index (χ3n) is 3.52. The van der Waals surface area contributed by atoms with Gasteiger partial charge in [-0.25, -0.2) is 5.43 Å². The van der Waals surface area contributed by atoms with Gasteiger partial charge in [0.05, 0.1) is 23.0 Å². The quantitative estimate of drug-likeness (QED) is 0.207. The van der Waals surface area contributed by atoms with Gasteiger partial charge in [0.25, 0.3) is 0 Å². The predicted molar refractivity (Wildman–Crippen MR) is 119 cm³/mol. The van der Waals surface area contributed by atoms with Crippen LogP contribution in [0.5, 0.6) is 17.2 Å². The van der Waals surface area contributed by atoms with Crippen LogP contribution in [-0.2, 0) is 9.59 Å². The largest absolute Gasteiger partial charge is 0.504 e. The summed E-state index contributed by atoms with van der Waals surface area (Å²) in [5.41, 5.74) is 3.50. The molecule has 154 valence electrons. The van der Waals surface area contributed by atoms with Gasteiger partial charge in [0.1, 0.15) is 12.2 Å². The minimum absolute atomic E-state index is 0.0552. The first kappa shape index (κ1) is 22.5. The van der Waals surface area contributed by atoms with E-state index in [1.165, 1.54) is 6.21 Å². The number of nitrogens with zero attached hydrogens (tertiary/aromatic N) is 1. The second-order valence-corrected chi connectivity index (χ2v) is 6.92. The topological polar surface area (TPSA) is 109 Å². The normalized spacial score (nSPS) is 10.6. The van der Waals surface area contributed by atoms with Gasteiger partial charge < -0.3 is 19.9 Å². The number of hydrogen-bond donors (Lipinski definition) is 3. The Morgan fingerprint density at radius 1 is 1.10 bits per heavy atom. The molecule has 0 radical (unpaired) electrons. The smallest absolute Gasteiger partial charge is 0.249 e. The number of rotatable bonds is 9. The summed E-state index contributed by atoms with van der Waals surface area (Å²) in [6, 6.07) is 10.2. The molecule has 0 fully saturated rings. The molecule has 0 aromatic heterocycles. The highest BCUT2D eigenvalue weighted by Crippen LogP contribution is 2.32. The lowest BCUT2D eigenvalue weighted by atomic mass is 10.2. The highest BCUT2D eigenvalue weighted by atomic mass is 127. The van der Waals surface area contributed by atoms with Crippen molar-refractivity contribution in [3.8, 4) is 17.2 Å². The van der Waals surface area contributed by atoms with Crippen molar-refractivity contribution in [1.82, 2.24) is 5.43 Å². The number of phenols is 1. The summed E-state index contributed by atoms with van der Waals surface area (Å²) in [7, 11) is 0. The van der Waals surface area contributed by atoms with Gasteiger partial charge in [-0.05, 0) is 78.4 Å². The molecule has 0 heterocycles. The standard InChI is InChI=1S/C20H22IN3O5/c1-3-28-15-7-5-14(6-8-15)23-18(25)11-19(26)24-22-12-13-9-16(21)20(27)17(10-13)29-4-2/h5-10,12,27H,3-4,11H2,1-2H3,(H,23,25)(H,24,26)/b22-12+. The maximum atomic E-state index is 12.0. The number of amides is 2. The molecule has 8 nitrogen and oxygen atoms in total. The Balaban J connectivity index is 1.86. The van der Waals surface area contributed by atoms with Crippen molar-refractivity contribution in [2.45, 2.75) is 20.3 Å². The Bertz CT molecular complexity index is 884. The highest BCUT2D eigenvalue weighted by Gasteiger charge is 2.10. The molecule has 2 rings (SSSR count). The minimum atomic E-state index is -0.553. The summed E-state index contributed by atoms with van der Waals surface area (Å²) >= 11 is 1.97. The molecule has 0 atom stereocenters. The van der Waals surface area contributed by atoms with E-state index in [1.54, 1.807) is 36.4 Å². The molecule has 0 saturated carbocycles. The predicted octanol–water partition coefficient (Wildman–Crippen LogP) is 3.27. The average molecular weight is 511 g/mol. The van der Waals surface area contributed by atoms with Crippen LogP contribution in [0.25, 0.3) is 0 Å². The van der Waals surface area contributed by atoms with Crippen LogP contribution < -0.4 is 20.2 Å². The fraction of sp³-hybridized carbons (Fsp3) is 0.250. The maximum Gasteiger partial charge on any atom is 0.249 e. The second-order valence-electron chi connectivity index (χ2n) is 5.76. The molecule has 0 aliphatic carbocycles. The summed E-state index contributed by atoms with van der Waals surface area (Å²) in [6.45, 7) is 4.66. The number of benzene rings is 2. The van der Waals surface area contributed by atoms with Crippen LogP contribution in [0.15, 0.2) is 41.5 Å². The SMILES string of the molecule is CCOc1ccc(NC(=O)CC(=O)N/N=C/c2cc(I)c(O)c(OCC)c2)cc1.